The summed E-state index contributed by atoms with van der Waals surface area (Å²) in [6, 6.07) is 0. The van der Waals surface area contributed by atoms with Gasteiger partial charge in [0.05, 0.1) is 0 Å². The quantitative estimate of drug-likeness (QED) is 0.730. The summed E-state index contributed by atoms with van der Waals surface area (Å²) in [6.45, 7) is -0.454. The first kappa shape index (κ1) is 17.9. The lowest BCUT2D eigenvalue weighted by Gasteiger charge is -2.29. The van der Waals surface area contributed by atoms with Crippen molar-refractivity contribution in [3.63, 3.8) is 0 Å². The molecule has 0 unspecified atom stereocenters. The van der Waals surface area contributed by atoms with Gasteiger partial charge in [0.1, 0.15) is 6.54 Å². The fourth-order valence-electron chi connectivity index (χ4n) is 1.20. The molecular formula is C9H11F8NO. The Morgan fingerprint density at radius 3 is 1.68 bits per heavy atom. The van der Waals surface area contributed by atoms with E-state index in [1.54, 1.807) is 0 Å². The van der Waals surface area contributed by atoms with Crippen molar-refractivity contribution in [3.05, 3.63) is 0 Å². The van der Waals surface area contributed by atoms with Gasteiger partial charge in [-0.3, -0.25) is 4.79 Å². The van der Waals surface area contributed by atoms with Gasteiger partial charge in [0.15, 0.2) is 0 Å². The summed E-state index contributed by atoms with van der Waals surface area (Å²) >= 11 is 0. The number of halogens is 8. The lowest BCUT2D eigenvalue weighted by atomic mass is 10.2. The van der Waals surface area contributed by atoms with Gasteiger partial charge >= 0.3 is 24.2 Å². The molecule has 0 aliphatic heterocycles. The Bertz CT molecular complexity index is 319. The van der Waals surface area contributed by atoms with Crippen molar-refractivity contribution in [1.29, 1.82) is 0 Å². The molecule has 0 aliphatic rings. The molecule has 0 fully saturated rings. The predicted octanol–water partition coefficient (Wildman–Crippen LogP) is 3.23. The maximum Gasteiger partial charge on any atom is 0.463 e. The summed E-state index contributed by atoms with van der Waals surface area (Å²) in [7, 11) is 0. The molecule has 0 heterocycles. The summed E-state index contributed by atoms with van der Waals surface area (Å²) < 4.78 is 97.5. The molecule has 10 heteroatoms. The first-order chi connectivity index (χ1) is 8.18. The summed E-state index contributed by atoms with van der Waals surface area (Å²) in [5.74, 6) is -9.44. The number of carbonyl (C=O) groups excluding carboxylic acids is 1. The van der Waals surface area contributed by atoms with Gasteiger partial charge in [0, 0.05) is 6.54 Å². The maximum absolute atomic E-state index is 12.7. The minimum Gasteiger partial charge on any atom is -0.328 e. The second-order valence-electron chi connectivity index (χ2n) is 4.27. The van der Waals surface area contributed by atoms with Gasteiger partial charge in [0.2, 0.25) is 0 Å². The number of amides is 1. The first-order valence-electron chi connectivity index (χ1n) is 4.99. The zero-order valence-corrected chi connectivity index (χ0v) is 9.87. The predicted molar refractivity (Wildman–Crippen MR) is 48.5 cm³/mol. The van der Waals surface area contributed by atoms with E-state index in [9.17, 15) is 39.9 Å². The van der Waals surface area contributed by atoms with Gasteiger partial charge < -0.3 is 4.90 Å². The van der Waals surface area contributed by atoms with Crippen molar-refractivity contribution in [3.8, 4) is 0 Å². The van der Waals surface area contributed by atoms with E-state index < -0.39 is 48.1 Å². The fraction of sp³-hybridized carbons (Fsp3) is 0.889. The molecule has 0 aromatic heterocycles. The molecule has 0 aromatic rings. The van der Waals surface area contributed by atoms with Crippen molar-refractivity contribution in [2.45, 2.75) is 32.1 Å². The van der Waals surface area contributed by atoms with Crippen LogP contribution in [0.4, 0.5) is 35.1 Å². The SMILES string of the molecule is CC(C)CN(CC(F)(F)F)C(=O)C(F)(F)C(F)(F)F. The molecule has 0 saturated carbocycles. The zero-order chi connectivity index (χ0) is 15.6. The highest BCUT2D eigenvalue weighted by Crippen LogP contribution is 2.37. The molecule has 0 atom stereocenters. The van der Waals surface area contributed by atoms with Gasteiger partial charge in [-0.1, -0.05) is 13.8 Å². The highest BCUT2D eigenvalue weighted by atomic mass is 19.4. The topological polar surface area (TPSA) is 20.3 Å². The van der Waals surface area contributed by atoms with Crippen molar-refractivity contribution >= 4 is 5.91 Å². The van der Waals surface area contributed by atoms with Crippen molar-refractivity contribution < 1.29 is 39.9 Å². The molecule has 0 N–H and O–H groups in total. The first-order valence-corrected chi connectivity index (χ1v) is 4.99. The Labute approximate surface area is 103 Å². The second-order valence-corrected chi connectivity index (χ2v) is 4.27. The fourth-order valence-corrected chi connectivity index (χ4v) is 1.20. The van der Waals surface area contributed by atoms with E-state index in [0.717, 1.165) is 0 Å². The highest BCUT2D eigenvalue weighted by Gasteiger charge is 2.65. The number of nitrogens with zero attached hydrogens (tertiary/aromatic N) is 1. The molecule has 0 aromatic carbocycles. The number of hydrogen-bond acceptors (Lipinski definition) is 1. The van der Waals surface area contributed by atoms with Crippen LogP contribution in [-0.4, -0.2) is 42.2 Å². The number of carbonyl (C=O) groups is 1. The maximum atomic E-state index is 12.7. The average molecular weight is 301 g/mol. The third-order valence-corrected chi connectivity index (χ3v) is 1.87. The van der Waals surface area contributed by atoms with E-state index in [0.29, 0.717) is 0 Å². The van der Waals surface area contributed by atoms with Gasteiger partial charge in [-0.15, -0.1) is 0 Å². The lowest BCUT2D eigenvalue weighted by molar-refractivity contribution is -0.276. The molecule has 1 amide bonds. The Balaban J connectivity index is 5.22. The van der Waals surface area contributed by atoms with E-state index in [1.165, 1.54) is 13.8 Å². The standard InChI is InChI=1S/C9H11F8NO/c1-5(2)3-18(4-7(10,11)12)6(19)8(13,14)9(15,16)17/h5H,3-4H2,1-2H3. The van der Waals surface area contributed by atoms with E-state index in [2.05, 4.69) is 0 Å². The molecule has 0 spiro atoms. The third kappa shape index (κ3) is 5.19. The van der Waals surface area contributed by atoms with Crippen LogP contribution in [0.25, 0.3) is 0 Å². The van der Waals surface area contributed by atoms with Crippen LogP contribution in [0.2, 0.25) is 0 Å². The summed E-state index contributed by atoms with van der Waals surface area (Å²) in [6.07, 6.45) is -11.3. The Kier molecular flexibility index (Phi) is 5.18. The second kappa shape index (κ2) is 5.49. The highest BCUT2D eigenvalue weighted by molar-refractivity contribution is 5.84. The van der Waals surface area contributed by atoms with E-state index in [4.69, 9.17) is 0 Å². The smallest absolute Gasteiger partial charge is 0.328 e. The summed E-state index contributed by atoms with van der Waals surface area (Å²) in [5.41, 5.74) is 0. The van der Waals surface area contributed by atoms with Crippen LogP contribution >= 0.6 is 0 Å². The van der Waals surface area contributed by atoms with Crippen LogP contribution in [-0.2, 0) is 4.79 Å². The van der Waals surface area contributed by atoms with E-state index in [1.807, 2.05) is 0 Å². The van der Waals surface area contributed by atoms with Gasteiger partial charge in [-0.25, -0.2) is 0 Å². The minimum atomic E-state index is -6.23. The Hall–Kier alpha value is -1.09. The Morgan fingerprint density at radius 1 is 1.00 bits per heavy atom. The van der Waals surface area contributed by atoms with Crippen molar-refractivity contribution in [2.24, 2.45) is 5.92 Å². The minimum absolute atomic E-state index is 0.530. The van der Waals surface area contributed by atoms with Gasteiger partial charge in [0.25, 0.3) is 0 Å². The van der Waals surface area contributed by atoms with E-state index >= 15 is 0 Å². The molecule has 0 radical (unpaired) electrons. The summed E-state index contributed by atoms with van der Waals surface area (Å²) in [4.78, 5) is 10.5. The van der Waals surface area contributed by atoms with Gasteiger partial charge in [-0.05, 0) is 5.92 Å². The zero-order valence-electron chi connectivity index (χ0n) is 9.87. The third-order valence-electron chi connectivity index (χ3n) is 1.87. The molecule has 19 heavy (non-hydrogen) atoms. The van der Waals surface area contributed by atoms with Crippen LogP contribution < -0.4 is 0 Å². The van der Waals surface area contributed by atoms with Crippen LogP contribution in [0.1, 0.15) is 13.8 Å². The summed E-state index contributed by atoms with van der Waals surface area (Å²) in [5, 5.41) is 0. The van der Waals surface area contributed by atoms with Crippen LogP contribution in [0.3, 0.4) is 0 Å². The van der Waals surface area contributed by atoms with Crippen LogP contribution in [0.5, 0.6) is 0 Å². The van der Waals surface area contributed by atoms with E-state index in [-0.39, 0.29) is 0 Å². The van der Waals surface area contributed by atoms with Crippen molar-refractivity contribution in [1.82, 2.24) is 4.90 Å². The Morgan fingerprint density at radius 2 is 1.42 bits per heavy atom. The molecule has 0 bridgehead atoms. The normalized spacial score (nSPS) is 13.8. The number of rotatable bonds is 4. The molecule has 0 rings (SSSR count). The lowest BCUT2D eigenvalue weighted by Crippen LogP contribution is -2.54. The van der Waals surface area contributed by atoms with Gasteiger partial charge in [-0.2, -0.15) is 35.1 Å². The monoisotopic (exact) mass is 301 g/mol. The number of hydrogen-bond donors (Lipinski definition) is 0. The molecule has 0 saturated heterocycles. The molecule has 0 aliphatic carbocycles. The van der Waals surface area contributed by atoms with Crippen molar-refractivity contribution in [2.75, 3.05) is 13.1 Å². The average Bonchev–Trinajstić information content (AvgIpc) is 2.10. The largest absolute Gasteiger partial charge is 0.463 e. The van der Waals surface area contributed by atoms with Crippen LogP contribution in [0, 0.1) is 5.92 Å². The van der Waals surface area contributed by atoms with Crippen LogP contribution in [0.15, 0.2) is 0 Å². The molecule has 114 valence electrons. The molecule has 2 nitrogen and oxygen atoms in total. The molecular weight excluding hydrogens is 290 g/mol. The number of alkyl halides is 8.